The van der Waals surface area contributed by atoms with Crippen molar-refractivity contribution in [2.24, 2.45) is 0 Å². The van der Waals surface area contributed by atoms with Crippen molar-refractivity contribution in [3.63, 3.8) is 0 Å². The van der Waals surface area contributed by atoms with Gasteiger partial charge in [0, 0.05) is 32.1 Å². The summed E-state index contributed by atoms with van der Waals surface area (Å²) in [4.78, 5) is 11.7. The van der Waals surface area contributed by atoms with Gasteiger partial charge in [0.15, 0.2) is 0 Å². The van der Waals surface area contributed by atoms with Crippen LogP contribution in [0, 0.1) is 0 Å². The topological polar surface area (TPSA) is 82.8 Å². The molecule has 0 aliphatic carbocycles. The summed E-state index contributed by atoms with van der Waals surface area (Å²) in [5.74, 6) is -0.422. The molecule has 112 valence electrons. The van der Waals surface area contributed by atoms with E-state index in [1.54, 1.807) is 39.3 Å². The average molecular weight is 282 g/mol. The van der Waals surface area contributed by atoms with Crippen LogP contribution in [0.3, 0.4) is 0 Å². The van der Waals surface area contributed by atoms with Crippen molar-refractivity contribution in [3.05, 3.63) is 23.8 Å². The first kappa shape index (κ1) is 16.3. The smallest absolute Gasteiger partial charge is 0.340 e. The van der Waals surface area contributed by atoms with E-state index in [2.05, 4.69) is 5.32 Å². The number of hydrogen-bond donors (Lipinski definition) is 2. The van der Waals surface area contributed by atoms with Gasteiger partial charge < -0.3 is 25.3 Å². The molecule has 0 aliphatic rings. The van der Waals surface area contributed by atoms with E-state index in [9.17, 15) is 4.79 Å². The molecule has 6 nitrogen and oxygen atoms in total. The molecule has 1 aromatic rings. The van der Waals surface area contributed by atoms with Gasteiger partial charge in [-0.05, 0) is 25.1 Å². The van der Waals surface area contributed by atoms with E-state index < -0.39 is 5.97 Å². The third-order valence-electron chi connectivity index (χ3n) is 2.77. The predicted octanol–water partition coefficient (Wildman–Crippen LogP) is 1.52. The fourth-order valence-corrected chi connectivity index (χ4v) is 1.68. The van der Waals surface area contributed by atoms with Crippen LogP contribution in [0.15, 0.2) is 18.2 Å². The average Bonchev–Trinajstić information content (AvgIpc) is 2.45. The number of anilines is 2. The van der Waals surface area contributed by atoms with Crippen molar-refractivity contribution < 1.29 is 19.0 Å². The van der Waals surface area contributed by atoms with Crippen molar-refractivity contribution in [1.82, 2.24) is 0 Å². The Labute approximate surface area is 119 Å². The number of nitrogen functional groups attached to an aromatic ring is 1. The second-order valence-corrected chi connectivity index (χ2v) is 4.22. The minimum absolute atomic E-state index is 0.0661. The van der Waals surface area contributed by atoms with Crippen molar-refractivity contribution in [1.29, 1.82) is 0 Å². The molecule has 0 aromatic heterocycles. The van der Waals surface area contributed by atoms with Gasteiger partial charge >= 0.3 is 5.97 Å². The maximum atomic E-state index is 11.7. The zero-order chi connectivity index (χ0) is 15.0. The van der Waals surface area contributed by atoms with Gasteiger partial charge in [0.2, 0.25) is 0 Å². The molecule has 0 amide bonds. The van der Waals surface area contributed by atoms with Crippen LogP contribution < -0.4 is 11.1 Å². The van der Waals surface area contributed by atoms with Gasteiger partial charge in [0.25, 0.3) is 0 Å². The first-order chi connectivity index (χ1) is 9.62. The number of nitrogens with two attached hydrogens (primary N) is 1. The van der Waals surface area contributed by atoms with Gasteiger partial charge in [-0.2, -0.15) is 0 Å². The molecule has 0 spiro atoms. The first-order valence-electron chi connectivity index (χ1n) is 6.44. The standard InChI is InChI=1S/C14H22N2O4/c1-4-20-14(17)12-7-10(5-6-13(12)15)16-8-11(19-3)9-18-2/h5-7,11,16H,4,8-9,15H2,1-3H3. The Morgan fingerprint density at radius 2 is 2.15 bits per heavy atom. The molecule has 1 unspecified atom stereocenters. The number of ether oxygens (including phenoxy) is 3. The summed E-state index contributed by atoms with van der Waals surface area (Å²) in [6.45, 7) is 3.12. The molecule has 0 saturated heterocycles. The molecule has 3 N–H and O–H groups in total. The molecule has 20 heavy (non-hydrogen) atoms. The van der Waals surface area contributed by atoms with E-state index in [-0.39, 0.29) is 6.10 Å². The van der Waals surface area contributed by atoms with Crippen LogP contribution in [0.25, 0.3) is 0 Å². The van der Waals surface area contributed by atoms with E-state index in [0.717, 1.165) is 5.69 Å². The zero-order valence-electron chi connectivity index (χ0n) is 12.1. The highest BCUT2D eigenvalue weighted by atomic mass is 16.5. The summed E-state index contributed by atoms with van der Waals surface area (Å²) in [5.41, 5.74) is 7.31. The number of hydrogen-bond acceptors (Lipinski definition) is 6. The van der Waals surface area contributed by atoms with Gasteiger partial charge in [-0.1, -0.05) is 0 Å². The summed E-state index contributed by atoms with van der Waals surface area (Å²) in [6.07, 6.45) is -0.0661. The van der Waals surface area contributed by atoms with Gasteiger partial charge in [-0.3, -0.25) is 0 Å². The number of benzene rings is 1. The third kappa shape index (κ3) is 4.71. The Balaban J connectivity index is 2.72. The highest BCUT2D eigenvalue weighted by molar-refractivity contribution is 5.96. The Morgan fingerprint density at radius 1 is 1.40 bits per heavy atom. The third-order valence-corrected chi connectivity index (χ3v) is 2.77. The summed E-state index contributed by atoms with van der Waals surface area (Å²) in [7, 11) is 3.24. The Morgan fingerprint density at radius 3 is 2.75 bits per heavy atom. The lowest BCUT2D eigenvalue weighted by Gasteiger charge is -2.16. The van der Waals surface area contributed by atoms with Crippen LogP contribution >= 0.6 is 0 Å². The number of carbonyl (C=O) groups excluding carboxylic acids is 1. The lowest BCUT2D eigenvalue weighted by Crippen LogP contribution is -2.26. The number of rotatable bonds is 8. The number of esters is 1. The monoisotopic (exact) mass is 282 g/mol. The van der Waals surface area contributed by atoms with Gasteiger partial charge in [-0.25, -0.2) is 4.79 Å². The van der Waals surface area contributed by atoms with Crippen molar-refractivity contribution in [2.75, 3.05) is 45.0 Å². The van der Waals surface area contributed by atoms with Crippen LogP contribution in [0.1, 0.15) is 17.3 Å². The van der Waals surface area contributed by atoms with Crippen molar-refractivity contribution in [2.45, 2.75) is 13.0 Å². The van der Waals surface area contributed by atoms with Crippen LogP contribution in [0.4, 0.5) is 11.4 Å². The lowest BCUT2D eigenvalue weighted by molar-refractivity contribution is 0.0365. The summed E-state index contributed by atoms with van der Waals surface area (Å²) < 4.78 is 15.2. The molecule has 1 atom stereocenters. The zero-order valence-corrected chi connectivity index (χ0v) is 12.1. The summed E-state index contributed by atoms with van der Waals surface area (Å²) in [5, 5.41) is 3.18. The Bertz CT molecular complexity index is 437. The normalized spacial score (nSPS) is 11.9. The maximum absolute atomic E-state index is 11.7. The number of carbonyl (C=O) groups is 1. The highest BCUT2D eigenvalue weighted by Gasteiger charge is 2.12. The first-order valence-corrected chi connectivity index (χ1v) is 6.44. The van der Waals surface area contributed by atoms with Crippen LogP contribution in [-0.4, -0.2) is 46.1 Å². The fraction of sp³-hybridized carbons (Fsp3) is 0.500. The SMILES string of the molecule is CCOC(=O)c1cc(NCC(COC)OC)ccc1N. The minimum Gasteiger partial charge on any atom is -0.462 e. The second-order valence-electron chi connectivity index (χ2n) is 4.22. The van der Waals surface area contributed by atoms with Crippen LogP contribution in [0.5, 0.6) is 0 Å². The summed E-state index contributed by atoms with van der Waals surface area (Å²) in [6, 6.07) is 5.15. The van der Waals surface area contributed by atoms with Crippen LogP contribution in [0.2, 0.25) is 0 Å². The molecule has 0 fully saturated rings. The Kier molecular flexibility index (Phi) is 6.83. The molecular formula is C14H22N2O4. The van der Waals surface area contributed by atoms with E-state index in [1.807, 2.05) is 0 Å². The van der Waals surface area contributed by atoms with Crippen molar-refractivity contribution >= 4 is 17.3 Å². The molecule has 1 aromatic carbocycles. The lowest BCUT2D eigenvalue weighted by atomic mass is 10.1. The molecule has 0 bridgehead atoms. The van der Waals surface area contributed by atoms with E-state index >= 15 is 0 Å². The van der Waals surface area contributed by atoms with Crippen LogP contribution in [-0.2, 0) is 14.2 Å². The maximum Gasteiger partial charge on any atom is 0.340 e. The van der Waals surface area contributed by atoms with Gasteiger partial charge in [0.05, 0.1) is 24.9 Å². The molecule has 0 aliphatic heterocycles. The molecule has 6 heteroatoms. The minimum atomic E-state index is -0.422. The summed E-state index contributed by atoms with van der Waals surface area (Å²) >= 11 is 0. The second kappa shape index (κ2) is 8.39. The quantitative estimate of drug-likeness (QED) is 0.555. The molecule has 1 rings (SSSR count). The van der Waals surface area contributed by atoms with E-state index in [0.29, 0.717) is 31.0 Å². The number of methoxy groups -OCH3 is 2. The van der Waals surface area contributed by atoms with E-state index in [1.165, 1.54) is 0 Å². The number of nitrogens with one attached hydrogen (secondary N) is 1. The fourth-order valence-electron chi connectivity index (χ4n) is 1.68. The Hall–Kier alpha value is -1.79. The molecule has 0 radical (unpaired) electrons. The van der Waals surface area contributed by atoms with E-state index in [4.69, 9.17) is 19.9 Å². The predicted molar refractivity (Wildman–Crippen MR) is 78.0 cm³/mol. The molecule has 0 saturated carbocycles. The van der Waals surface area contributed by atoms with Gasteiger partial charge in [0.1, 0.15) is 0 Å². The molecular weight excluding hydrogens is 260 g/mol. The molecule has 0 heterocycles. The van der Waals surface area contributed by atoms with Gasteiger partial charge in [-0.15, -0.1) is 0 Å². The largest absolute Gasteiger partial charge is 0.462 e. The highest BCUT2D eigenvalue weighted by Crippen LogP contribution is 2.19. The van der Waals surface area contributed by atoms with Crippen molar-refractivity contribution in [3.8, 4) is 0 Å².